The predicted molar refractivity (Wildman–Crippen MR) is 70.0 cm³/mol. The molecule has 0 saturated carbocycles. The van der Waals surface area contributed by atoms with E-state index in [0.717, 1.165) is 11.2 Å². The Labute approximate surface area is 105 Å². The summed E-state index contributed by atoms with van der Waals surface area (Å²) in [6, 6.07) is 9.43. The van der Waals surface area contributed by atoms with Crippen LogP contribution in [0.1, 0.15) is 11.3 Å². The van der Waals surface area contributed by atoms with E-state index in [1.807, 2.05) is 54.9 Å². The Kier molecular flexibility index (Phi) is 2.30. The van der Waals surface area contributed by atoms with E-state index in [4.69, 9.17) is 0 Å². The summed E-state index contributed by atoms with van der Waals surface area (Å²) in [5, 5.41) is 10.6. The van der Waals surface area contributed by atoms with Gasteiger partial charge in [-0.1, -0.05) is 12.1 Å². The zero-order valence-corrected chi connectivity index (χ0v) is 10.3. The van der Waals surface area contributed by atoms with E-state index in [2.05, 4.69) is 9.97 Å². The first-order valence-electron chi connectivity index (χ1n) is 5.77. The molecule has 0 saturated heterocycles. The second kappa shape index (κ2) is 3.84. The number of para-hydroxylation sites is 1. The molecule has 4 nitrogen and oxygen atoms in total. The van der Waals surface area contributed by atoms with Crippen molar-refractivity contribution >= 4 is 10.9 Å². The maximum Gasteiger partial charge on any atom is 0.237 e. The Morgan fingerprint density at radius 3 is 2.56 bits per heavy atom. The van der Waals surface area contributed by atoms with Gasteiger partial charge in [0, 0.05) is 11.9 Å². The van der Waals surface area contributed by atoms with Crippen LogP contribution in [0.3, 0.4) is 0 Å². The number of fused-ring (bicyclic) bond motifs is 1. The molecular weight excluding hydrogens is 226 g/mol. The van der Waals surface area contributed by atoms with Gasteiger partial charge in [0.15, 0.2) is 0 Å². The van der Waals surface area contributed by atoms with Crippen molar-refractivity contribution in [2.45, 2.75) is 13.8 Å². The molecule has 3 aromatic rings. The molecule has 2 heterocycles. The number of benzene rings is 1. The molecule has 0 aliphatic rings. The minimum Gasteiger partial charge on any atom is -0.493 e. The number of nitrogens with zero attached hydrogens (tertiary/aromatic N) is 3. The van der Waals surface area contributed by atoms with E-state index in [-0.39, 0.29) is 5.88 Å². The fourth-order valence-corrected chi connectivity index (χ4v) is 1.98. The van der Waals surface area contributed by atoms with Crippen molar-refractivity contribution in [2.75, 3.05) is 0 Å². The van der Waals surface area contributed by atoms with E-state index in [1.165, 1.54) is 5.56 Å². The van der Waals surface area contributed by atoms with Crippen molar-refractivity contribution in [1.29, 1.82) is 0 Å². The van der Waals surface area contributed by atoms with E-state index in [9.17, 15) is 5.11 Å². The average Bonchev–Trinajstić information content (AvgIpc) is 2.70. The maximum atomic E-state index is 9.95. The lowest BCUT2D eigenvalue weighted by Crippen LogP contribution is -2.02. The summed E-state index contributed by atoms with van der Waals surface area (Å²) in [7, 11) is 0. The number of hydrogen-bond acceptors (Lipinski definition) is 3. The van der Waals surface area contributed by atoms with Crippen molar-refractivity contribution in [3.63, 3.8) is 0 Å². The molecule has 4 heteroatoms. The van der Waals surface area contributed by atoms with E-state index < -0.39 is 0 Å². The third-order valence-corrected chi connectivity index (χ3v) is 3.19. The van der Waals surface area contributed by atoms with Crippen LogP contribution in [-0.4, -0.2) is 19.6 Å². The summed E-state index contributed by atoms with van der Waals surface area (Å²) in [6.07, 6.45) is 1.91. The van der Waals surface area contributed by atoms with Crippen LogP contribution in [0.25, 0.3) is 16.9 Å². The van der Waals surface area contributed by atoms with Crippen LogP contribution in [0.15, 0.2) is 36.5 Å². The lowest BCUT2D eigenvalue weighted by molar-refractivity contribution is 0.458. The Balaban J connectivity index is 2.28. The molecule has 18 heavy (non-hydrogen) atoms. The number of rotatable bonds is 1. The van der Waals surface area contributed by atoms with Gasteiger partial charge in [-0.25, -0.2) is 4.98 Å². The van der Waals surface area contributed by atoms with Crippen LogP contribution in [0, 0.1) is 13.8 Å². The van der Waals surface area contributed by atoms with Crippen LogP contribution < -0.4 is 0 Å². The normalized spacial score (nSPS) is 11.0. The van der Waals surface area contributed by atoms with Gasteiger partial charge in [-0.05, 0) is 37.6 Å². The molecule has 0 atom stereocenters. The first-order valence-corrected chi connectivity index (χ1v) is 5.77. The van der Waals surface area contributed by atoms with Crippen LogP contribution in [0.2, 0.25) is 0 Å². The highest BCUT2D eigenvalue weighted by molar-refractivity contribution is 5.83. The first kappa shape index (κ1) is 10.8. The standard InChI is InChI=1S/C14H13N3O/c1-9-7-8-17(10(9)2)14-15-12-6-4-3-5-11(12)13(18)16-14/h3-8H,1-2H3,(H,15,16,18). The lowest BCUT2D eigenvalue weighted by atomic mass is 10.2. The van der Waals surface area contributed by atoms with Crippen LogP contribution in [0.5, 0.6) is 5.88 Å². The number of aromatic hydroxyl groups is 1. The molecular formula is C14H13N3O. The summed E-state index contributed by atoms with van der Waals surface area (Å²) >= 11 is 0. The second-order valence-corrected chi connectivity index (χ2v) is 4.32. The summed E-state index contributed by atoms with van der Waals surface area (Å²) in [5.74, 6) is 0.512. The van der Waals surface area contributed by atoms with Gasteiger partial charge in [0.2, 0.25) is 11.8 Å². The highest BCUT2D eigenvalue weighted by Crippen LogP contribution is 2.23. The molecule has 1 N–H and O–H groups in total. The van der Waals surface area contributed by atoms with Gasteiger partial charge in [-0.15, -0.1) is 0 Å². The molecule has 0 aliphatic heterocycles. The fourth-order valence-electron chi connectivity index (χ4n) is 1.98. The summed E-state index contributed by atoms with van der Waals surface area (Å²) in [6.45, 7) is 4.04. The lowest BCUT2D eigenvalue weighted by Gasteiger charge is -2.07. The Hall–Kier alpha value is -2.36. The predicted octanol–water partition coefficient (Wildman–Crippen LogP) is 2.74. The van der Waals surface area contributed by atoms with E-state index in [0.29, 0.717) is 11.3 Å². The summed E-state index contributed by atoms with van der Waals surface area (Å²) < 4.78 is 1.88. The largest absolute Gasteiger partial charge is 0.493 e. The highest BCUT2D eigenvalue weighted by Gasteiger charge is 2.09. The van der Waals surface area contributed by atoms with E-state index >= 15 is 0 Å². The zero-order chi connectivity index (χ0) is 12.7. The number of hydrogen-bond donors (Lipinski definition) is 1. The third kappa shape index (κ3) is 1.54. The fraction of sp³-hybridized carbons (Fsp3) is 0.143. The van der Waals surface area contributed by atoms with Gasteiger partial charge in [0.25, 0.3) is 0 Å². The van der Waals surface area contributed by atoms with Crippen molar-refractivity contribution in [3.05, 3.63) is 47.8 Å². The third-order valence-electron chi connectivity index (χ3n) is 3.19. The van der Waals surface area contributed by atoms with Crippen molar-refractivity contribution < 1.29 is 5.11 Å². The van der Waals surface area contributed by atoms with Gasteiger partial charge in [-0.3, -0.25) is 4.57 Å². The molecule has 0 unspecified atom stereocenters. The minimum atomic E-state index is 0.0151. The van der Waals surface area contributed by atoms with Crippen molar-refractivity contribution in [3.8, 4) is 11.8 Å². The van der Waals surface area contributed by atoms with Gasteiger partial charge < -0.3 is 5.11 Å². The van der Waals surface area contributed by atoms with Crippen molar-refractivity contribution in [1.82, 2.24) is 14.5 Å². The van der Waals surface area contributed by atoms with Gasteiger partial charge in [-0.2, -0.15) is 4.98 Å². The van der Waals surface area contributed by atoms with Crippen LogP contribution in [-0.2, 0) is 0 Å². The molecule has 0 fully saturated rings. The monoisotopic (exact) mass is 239 g/mol. The molecule has 3 rings (SSSR count). The topological polar surface area (TPSA) is 50.9 Å². The van der Waals surface area contributed by atoms with Gasteiger partial charge in [0.05, 0.1) is 10.9 Å². The molecule has 0 bridgehead atoms. The average molecular weight is 239 g/mol. The Bertz CT molecular complexity index is 731. The smallest absolute Gasteiger partial charge is 0.237 e. The Morgan fingerprint density at radius 1 is 1.06 bits per heavy atom. The molecule has 0 amide bonds. The molecule has 90 valence electrons. The van der Waals surface area contributed by atoms with Crippen LogP contribution in [0.4, 0.5) is 0 Å². The summed E-state index contributed by atoms with van der Waals surface area (Å²) in [4.78, 5) is 8.63. The quantitative estimate of drug-likeness (QED) is 0.710. The first-order chi connectivity index (χ1) is 8.66. The number of aromatic nitrogens is 3. The SMILES string of the molecule is Cc1ccn(-c2nc(O)c3ccccc3n2)c1C. The van der Waals surface area contributed by atoms with Crippen LogP contribution >= 0.6 is 0 Å². The molecule has 0 aliphatic carbocycles. The molecule has 2 aromatic heterocycles. The summed E-state index contributed by atoms with van der Waals surface area (Å²) in [5.41, 5.74) is 2.99. The maximum absolute atomic E-state index is 9.95. The highest BCUT2D eigenvalue weighted by atomic mass is 16.3. The minimum absolute atomic E-state index is 0.0151. The van der Waals surface area contributed by atoms with E-state index in [1.54, 1.807) is 0 Å². The molecule has 0 radical (unpaired) electrons. The van der Waals surface area contributed by atoms with Crippen molar-refractivity contribution in [2.24, 2.45) is 0 Å². The molecule has 1 aromatic carbocycles. The second-order valence-electron chi connectivity index (χ2n) is 4.32. The zero-order valence-electron chi connectivity index (χ0n) is 10.3. The Morgan fingerprint density at radius 2 is 1.83 bits per heavy atom. The number of aryl methyl sites for hydroxylation is 1. The van der Waals surface area contributed by atoms with Gasteiger partial charge >= 0.3 is 0 Å². The van der Waals surface area contributed by atoms with Gasteiger partial charge in [0.1, 0.15) is 0 Å². The molecule has 0 spiro atoms.